The Bertz CT molecular complexity index is 196. The minimum Gasteiger partial charge on any atom is -0.0850 e. The van der Waals surface area contributed by atoms with E-state index < -0.39 is 0 Å². The summed E-state index contributed by atoms with van der Waals surface area (Å²) in [6.45, 7) is 0. The minimum absolute atomic E-state index is 0.519. The summed E-state index contributed by atoms with van der Waals surface area (Å²) >= 11 is 4.20. The maximum Gasteiger partial charge on any atom is 0.0286 e. The van der Waals surface area contributed by atoms with Gasteiger partial charge in [-0.15, -0.1) is 0 Å². The van der Waals surface area contributed by atoms with Crippen molar-refractivity contribution in [3.8, 4) is 0 Å². The molecule has 0 saturated heterocycles. The lowest BCUT2D eigenvalue weighted by molar-refractivity contribution is 0.258. The smallest absolute Gasteiger partial charge is 0.0286 e. The lowest BCUT2D eigenvalue weighted by Gasteiger charge is -2.38. The first-order chi connectivity index (χ1) is 8.31. The van der Waals surface area contributed by atoms with E-state index in [2.05, 4.69) is 15.9 Å². The van der Waals surface area contributed by atoms with Gasteiger partial charge in [-0.05, 0) is 31.6 Å². The van der Waals surface area contributed by atoms with Gasteiger partial charge >= 0.3 is 0 Å². The van der Waals surface area contributed by atoms with Crippen LogP contribution < -0.4 is 0 Å². The van der Waals surface area contributed by atoms with E-state index in [0.29, 0.717) is 4.32 Å². The zero-order valence-electron chi connectivity index (χ0n) is 11.4. The van der Waals surface area contributed by atoms with Gasteiger partial charge in [0.15, 0.2) is 0 Å². The molecule has 0 bridgehead atoms. The average Bonchev–Trinajstić information content (AvgIpc) is 2.23. The molecule has 0 N–H and O–H groups in total. The predicted molar refractivity (Wildman–Crippen MR) is 79.8 cm³/mol. The van der Waals surface area contributed by atoms with Crippen LogP contribution in [0.4, 0.5) is 0 Å². The first-order valence-electron chi connectivity index (χ1n) is 8.00. The van der Waals surface area contributed by atoms with Crippen LogP contribution in [0.15, 0.2) is 0 Å². The summed E-state index contributed by atoms with van der Waals surface area (Å²) < 4.78 is 0.519. The van der Waals surface area contributed by atoms with Crippen LogP contribution in [-0.2, 0) is 0 Å². The molecular formula is C16H29Br. The van der Waals surface area contributed by atoms with Gasteiger partial charge < -0.3 is 0 Å². The van der Waals surface area contributed by atoms with Gasteiger partial charge in [0.1, 0.15) is 0 Å². The lowest BCUT2D eigenvalue weighted by atomic mass is 9.76. The van der Waals surface area contributed by atoms with Crippen LogP contribution in [0.5, 0.6) is 0 Å². The van der Waals surface area contributed by atoms with Crippen LogP contribution >= 0.6 is 15.9 Å². The highest BCUT2D eigenvalue weighted by Gasteiger charge is 2.35. The Balaban J connectivity index is 1.94. The third kappa shape index (κ3) is 4.26. The molecule has 1 heteroatoms. The molecule has 2 rings (SSSR count). The predicted octanol–water partition coefficient (Wildman–Crippen LogP) is 6.22. The van der Waals surface area contributed by atoms with Crippen molar-refractivity contribution in [3.05, 3.63) is 0 Å². The standard InChI is InChI=1S/C16H29Br/c17-16(13-9-5-2-6-10-14-16)15-11-7-3-1-4-8-12-15/h15H,1-14H2. The Kier molecular flexibility index (Phi) is 5.86. The van der Waals surface area contributed by atoms with E-state index in [1.807, 2.05) is 0 Å². The van der Waals surface area contributed by atoms with Crippen molar-refractivity contribution in [2.24, 2.45) is 5.92 Å². The molecule has 100 valence electrons. The second kappa shape index (κ2) is 7.16. The van der Waals surface area contributed by atoms with Crippen molar-refractivity contribution in [2.45, 2.75) is 94.2 Å². The molecule has 0 aromatic carbocycles. The molecule has 0 aromatic heterocycles. The van der Waals surface area contributed by atoms with Crippen LogP contribution in [0.25, 0.3) is 0 Å². The molecule has 0 aliphatic heterocycles. The molecule has 0 nitrogen and oxygen atoms in total. The third-order valence-electron chi connectivity index (χ3n) is 5.02. The Morgan fingerprint density at radius 2 is 1.00 bits per heavy atom. The summed E-state index contributed by atoms with van der Waals surface area (Å²) in [7, 11) is 0. The Hall–Kier alpha value is 0.480. The van der Waals surface area contributed by atoms with Crippen molar-refractivity contribution in [1.29, 1.82) is 0 Å². The summed E-state index contributed by atoms with van der Waals surface area (Å²) in [5.74, 6) is 0.973. The fraction of sp³-hybridized carbons (Fsp3) is 1.00. The van der Waals surface area contributed by atoms with Crippen molar-refractivity contribution in [3.63, 3.8) is 0 Å². The Morgan fingerprint density at radius 1 is 0.588 bits per heavy atom. The summed E-state index contributed by atoms with van der Waals surface area (Å²) in [6.07, 6.45) is 20.6. The molecule has 2 aliphatic rings. The first-order valence-corrected chi connectivity index (χ1v) is 8.79. The summed E-state index contributed by atoms with van der Waals surface area (Å²) in [4.78, 5) is 0. The number of hydrogen-bond donors (Lipinski definition) is 0. The summed E-state index contributed by atoms with van der Waals surface area (Å²) in [5, 5.41) is 0. The van der Waals surface area contributed by atoms with Gasteiger partial charge in [-0.3, -0.25) is 0 Å². The van der Waals surface area contributed by atoms with E-state index in [9.17, 15) is 0 Å². The van der Waals surface area contributed by atoms with Gasteiger partial charge in [-0.1, -0.05) is 80.1 Å². The van der Waals surface area contributed by atoms with Crippen molar-refractivity contribution >= 4 is 15.9 Å². The van der Waals surface area contributed by atoms with Gasteiger partial charge in [0.25, 0.3) is 0 Å². The SMILES string of the molecule is BrC1(C2CCCCCCC2)CCCCCCC1. The average molecular weight is 301 g/mol. The van der Waals surface area contributed by atoms with Crippen LogP contribution in [-0.4, -0.2) is 4.32 Å². The Labute approximate surface area is 116 Å². The minimum atomic E-state index is 0.519. The van der Waals surface area contributed by atoms with E-state index in [4.69, 9.17) is 0 Å². The van der Waals surface area contributed by atoms with Crippen molar-refractivity contribution < 1.29 is 0 Å². The van der Waals surface area contributed by atoms with Crippen LogP contribution in [0, 0.1) is 5.92 Å². The topological polar surface area (TPSA) is 0 Å². The zero-order valence-corrected chi connectivity index (χ0v) is 12.9. The Morgan fingerprint density at radius 3 is 1.53 bits per heavy atom. The van der Waals surface area contributed by atoms with E-state index in [1.54, 1.807) is 0 Å². The molecule has 0 unspecified atom stereocenters. The maximum atomic E-state index is 4.20. The summed E-state index contributed by atoms with van der Waals surface area (Å²) in [6, 6.07) is 0. The molecule has 0 spiro atoms. The summed E-state index contributed by atoms with van der Waals surface area (Å²) in [5.41, 5.74) is 0. The van der Waals surface area contributed by atoms with Crippen molar-refractivity contribution in [2.75, 3.05) is 0 Å². The highest BCUT2D eigenvalue weighted by Crippen LogP contribution is 2.45. The zero-order chi connectivity index (χ0) is 12.0. The van der Waals surface area contributed by atoms with E-state index in [0.717, 1.165) is 5.92 Å². The van der Waals surface area contributed by atoms with E-state index in [-0.39, 0.29) is 0 Å². The van der Waals surface area contributed by atoms with Crippen LogP contribution in [0.1, 0.15) is 89.9 Å². The number of alkyl halides is 1. The van der Waals surface area contributed by atoms with Gasteiger partial charge in [0, 0.05) is 4.32 Å². The molecule has 2 saturated carbocycles. The van der Waals surface area contributed by atoms with Crippen LogP contribution in [0.3, 0.4) is 0 Å². The maximum absolute atomic E-state index is 4.20. The number of rotatable bonds is 1. The second-order valence-electron chi connectivity index (χ2n) is 6.34. The van der Waals surface area contributed by atoms with Gasteiger partial charge in [-0.2, -0.15) is 0 Å². The van der Waals surface area contributed by atoms with E-state index >= 15 is 0 Å². The van der Waals surface area contributed by atoms with Gasteiger partial charge in [0.05, 0.1) is 0 Å². The highest BCUT2D eigenvalue weighted by atomic mass is 79.9. The molecule has 2 fully saturated rings. The highest BCUT2D eigenvalue weighted by molar-refractivity contribution is 9.10. The molecule has 17 heavy (non-hydrogen) atoms. The molecule has 0 atom stereocenters. The van der Waals surface area contributed by atoms with E-state index in [1.165, 1.54) is 89.9 Å². The molecule has 2 aliphatic carbocycles. The quantitative estimate of drug-likeness (QED) is 0.504. The number of halogens is 1. The first kappa shape index (κ1) is 13.9. The molecule has 0 aromatic rings. The molecule has 0 radical (unpaired) electrons. The monoisotopic (exact) mass is 300 g/mol. The van der Waals surface area contributed by atoms with Gasteiger partial charge in [0.2, 0.25) is 0 Å². The fourth-order valence-corrected chi connectivity index (χ4v) is 4.89. The normalized spacial score (nSPS) is 28.8. The molecule has 0 heterocycles. The molecular weight excluding hydrogens is 272 g/mol. The van der Waals surface area contributed by atoms with Crippen LogP contribution in [0.2, 0.25) is 0 Å². The molecule has 0 amide bonds. The third-order valence-corrected chi connectivity index (χ3v) is 6.46. The fourth-order valence-electron chi connectivity index (χ4n) is 3.87. The van der Waals surface area contributed by atoms with Gasteiger partial charge in [-0.25, -0.2) is 0 Å². The second-order valence-corrected chi connectivity index (χ2v) is 7.92. The van der Waals surface area contributed by atoms with Crippen molar-refractivity contribution in [1.82, 2.24) is 0 Å². The largest absolute Gasteiger partial charge is 0.0850 e. The lowest BCUT2D eigenvalue weighted by Crippen LogP contribution is -2.33. The number of hydrogen-bond acceptors (Lipinski definition) is 0.